The fourth-order valence-electron chi connectivity index (χ4n) is 8.68. The van der Waals surface area contributed by atoms with E-state index < -0.39 is 12.1 Å². The largest absolute Gasteiger partial charge is 1.00 e. The maximum Gasteiger partial charge on any atom is 1.00 e. The predicted molar refractivity (Wildman–Crippen MR) is 111 cm³/mol. The van der Waals surface area contributed by atoms with E-state index in [-0.39, 0.29) is 88.2 Å². The van der Waals surface area contributed by atoms with Gasteiger partial charge in [0.05, 0.1) is 18.3 Å². The molecule has 4 fully saturated rings. The van der Waals surface area contributed by atoms with Gasteiger partial charge in [0.2, 0.25) is 0 Å². The molecule has 6 nitrogen and oxygen atoms in total. The molecule has 6 unspecified atom stereocenters. The van der Waals surface area contributed by atoms with Crippen molar-refractivity contribution in [2.75, 3.05) is 0 Å². The van der Waals surface area contributed by atoms with E-state index in [4.69, 9.17) is 0 Å². The molecule has 0 aliphatic heterocycles. The van der Waals surface area contributed by atoms with Crippen molar-refractivity contribution in [2.24, 2.45) is 46.3 Å². The monoisotopic (exact) mass is 448 g/mol. The van der Waals surface area contributed by atoms with Gasteiger partial charge in [-0.1, -0.05) is 20.8 Å². The number of hydrogen-bond acceptors (Lipinski definition) is 5. The van der Waals surface area contributed by atoms with E-state index in [1.54, 1.807) is 0 Å². The van der Waals surface area contributed by atoms with Crippen molar-refractivity contribution in [1.82, 2.24) is 0 Å². The number of carboxylic acids is 1. The molecule has 4 rings (SSSR count). The molecule has 0 bridgehead atoms. The van der Waals surface area contributed by atoms with E-state index in [0.717, 1.165) is 44.9 Å². The van der Waals surface area contributed by atoms with Gasteiger partial charge in [-0.25, -0.2) is 0 Å². The smallest absolute Gasteiger partial charge is 0.550 e. The Labute approximate surface area is 208 Å². The van der Waals surface area contributed by atoms with Gasteiger partial charge in [0.25, 0.3) is 0 Å². The quantitative estimate of drug-likeness (QED) is 0.441. The first-order valence-electron chi connectivity index (χ1n) is 11.8. The summed E-state index contributed by atoms with van der Waals surface area (Å²) in [5.74, 6) is 0.635. The standard InChI is InChI=1S/C24H40O5.Na.H2O/c1-13(4-7-21(28)29)16-5-6-17-22-18(12-20(27)24(16,17)3)23(2)9-8-15(25)10-14(23)11-19(22)26;;/h13-20,22,25-27H,4-12H2,1-3H3,(H,28,29);;1H2/q;+1;/p-1/t13-,14-,15?,16?,17-,18-,19?,20?,22-,23?,24?;;/m0../s1. The number of carbonyl (C=O) groups excluding carboxylic acids is 1. The van der Waals surface area contributed by atoms with Crippen LogP contribution >= 0.6 is 0 Å². The average molecular weight is 449 g/mol. The third-order valence-corrected chi connectivity index (χ3v) is 10.3. The van der Waals surface area contributed by atoms with Crippen molar-refractivity contribution in [3.8, 4) is 0 Å². The third-order valence-electron chi connectivity index (χ3n) is 10.3. The van der Waals surface area contributed by atoms with Gasteiger partial charge in [-0.3, -0.25) is 0 Å². The van der Waals surface area contributed by atoms with Crippen LogP contribution in [0.4, 0.5) is 0 Å². The minimum atomic E-state index is -0.998. The second kappa shape index (κ2) is 9.89. The Bertz CT molecular complexity index is 646. The minimum absolute atomic E-state index is 0. The van der Waals surface area contributed by atoms with Gasteiger partial charge in [-0.15, -0.1) is 0 Å². The molecule has 31 heavy (non-hydrogen) atoms. The van der Waals surface area contributed by atoms with Gasteiger partial charge in [0.1, 0.15) is 0 Å². The molecule has 174 valence electrons. The maximum absolute atomic E-state index is 11.5. The maximum atomic E-state index is 11.5. The van der Waals surface area contributed by atoms with E-state index in [1.807, 2.05) is 0 Å². The van der Waals surface area contributed by atoms with Gasteiger partial charge < -0.3 is 30.7 Å². The van der Waals surface area contributed by atoms with Gasteiger partial charge >= 0.3 is 29.6 Å². The summed E-state index contributed by atoms with van der Waals surface area (Å²) in [5.41, 5.74) is -0.172. The van der Waals surface area contributed by atoms with Crippen molar-refractivity contribution >= 4 is 5.97 Å². The third kappa shape index (κ3) is 4.40. The first kappa shape index (κ1) is 27.6. The average Bonchev–Trinajstić information content (AvgIpc) is 3.01. The Hall–Kier alpha value is 0.310. The number of hydrogen-bond donors (Lipinski definition) is 3. The van der Waals surface area contributed by atoms with Crippen LogP contribution in [0.3, 0.4) is 0 Å². The summed E-state index contributed by atoms with van der Waals surface area (Å²) in [5, 5.41) is 43.9. The molecular weight excluding hydrogens is 407 g/mol. The molecule has 0 radical (unpaired) electrons. The van der Waals surface area contributed by atoms with Gasteiger partial charge in [-0.05, 0) is 104 Å². The molecule has 0 aromatic carbocycles. The number of aliphatic hydroxyl groups is 3. The van der Waals surface area contributed by atoms with E-state index >= 15 is 0 Å². The normalized spacial score (nSPS) is 49.5. The molecule has 7 heteroatoms. The van der Waals surface area contributed by atoms with Crippen molar-refractivity contribution < 1.29 is 60.3 Å². The summed E-state index contributed by atoms with van der Waals surface area (Å²) in [4.78, 5) is 11.0. The number of aliphatic hydroxyl groups excluding tert-OH is 3. The molecule has 0 amide bonds. The summed E-state index contributed by atoms with van der Waals surface area (Å²) < 4.78 is 0. The Balaban J connectivity index is 0.00000171. The van der Waals surface area contributed by atoms with Crippen LogP contribution in [0.2, 0.25) is 0 Å². The molecule has 4 aliphatic rings. The molecule has 0 heterocycles. The van der Waals surface area contributed by atoms with Crippen LogP contribution in [0.25, 0.3) is 0 Å². The SMILES string of the molecule is C[C@@H](CCC(=O)[O-])C1CC[C@H]2[C@@H]3C(O)C[C@@H]4CC(O)CCC4(C)[C@H]3CC(O)C12C.O.[Na+]. The number of carboxylic acid groups (broad SMARTS) is 1. The fraction of sp³-hybridized carbons (Fsp3) is 0.958. The Morgan fingerprint density at radius 3 is 2.39 bits per heavy atom. The molecular formula is C24H41NaO6. The van der Waals surface area contributed by atoms with Crippen molar-refractivity contribution in [3.63, 3.8) is 0 Å². The van der Waals surface area contributed by atoms with Crippen LogP contribution in [-0.2, 0) is 4.79 Å². The number of fused-ring (bicyclic) bond motifs is 5. The molecule has 11 atom stereocenters. The van der Waals surface area contributed by atoms with Crippen LogP contribution in [0.15, 0.2) is 0 Å². The number of rotatable bonds is 4. The van der Waals surface area contributed by atoms with Crippen molar-refractivity contribution in [2.45, 2.75) is 96.9 Å². The van der Waals surface area contributed by atoms with E-state index in [0.29, 0.717) is 18.3 Å². The number of aliphatic carboxylic acids is 1. The van der Waals surface area contributed by atoms with Crippen molar-refractivity contribution in [1.29, 1.82) is 0 Å². The van der Waals surface area contributed by atoms with Gasteiger partial charge in [0.15, 0.2) is 0 Å². The minimum Gasteiger partial charge on any atom is -0.550 e. The van der Waals surface area contributed by atoms with E-state index in [2.05, 4.69) is 20.8 Å². The molecule has 4 aliphatic carbocycles. The van der Waals surface area contributed by atoms with Crippen LogP contribution < -0.4 is 34.7 Å². The zero-order valence-corrected chi connectivity index (χ0v) is 21.7. The predicted octanol–water partition coefficient (Wildman–Crippen LogP) is -1.71. The zero-order valence-electron chi connectivity index (χ0n) is 19.7. The summed E-state index contributed by atoms with van der Waals surface area (Å²) in [6.45, 7) is 6.67. The number of carbonyl (C=O) groups is 1. The Morgan fingerprint density at radius 1 is 1.06 bits per heavy atom. The zero-order chi connectivity index (χ0) is 21.1. The molecule has 0 aromatic heterocycles. The molecule has 4 saturated carbocycles. The summed E-state index contributed by atoms with van der Waals surface area (Å²) >= 11 is 0. The van der Waals surface area contributed by atoms with Crippen LogP contribution in [-0.4, -0.2) is 45.1 Å². The molecule has 0 saturated heterocycles. The van der Waals surface area contributed by atoms with Gasteiger partial charge in [-0.2, -0.15) is 0 Å². The Kier molecular flexibility index (Phi) is 8.79. The molecule has 0 spiro atoms. The fourth-order valence-corrected chi connectivity index (χ4v) is 8.68. The van der Waals surface area contributed by atoms with E-state index in [1.165, 1.54) is 0 Å². The first-order valence-corrected chi connectivity index (χ1v) is 11.8. The first-order chi connectivity index (χ1) is 13.6. The summed E-state index contributed by atoms with van der Waals surface area (Å²) in [6.07, 6.45) is 5.72. The van der Waals surface area contributed by atoms with Crippen LogP contribution in [0, 0.1) is 46.3 Å². The summed E-state index contributed by atoms with van der Waals surface area (Å²) in [7, 11) is 0. The second-order valence-corrected chi connectivity index (χ2v) is 11.4. The van der Waals surface area contributed by atoms with E-state index in [9.17, 15) is 25.2 Å². The van der Waals surface area contributed by atoms with Crippen LogP contribution in [0.1, 0.15) is 78.6 Å². The second-order valence-electron chi connectivity index (χ2n) is 11.4. The molecule has 0 aromatic rings. The van der Waals surface area contributed by atoms with Crippen LogP contribution in [0.5, 0.6) is 0 Å². The Morgan fingerprint density at radius 2 is 1.74 bits per heavy atom. The van der Waals surface area contributed by atoms with Crippen molar-refractivity contribution in [3.05, 3.63) is 0 Å². The molecule has 5 N–H and O–H groups in total. The van der Waals surface area contributed by atoms with Gasteiger partial charge in [0, 0.05) is 5.97 Å². The topological polar surface area (TPSA) is 132 Å². The summed E-state index contributed by atoms with van der Waals surface area (Å²) in [6, 6.07) is 0.